The molecule has 0 aliphatic carbocycles. The van der Waals surface area contributed by atoms with Gasteiger partial charge in [0, 0.05) is 24.3 Å². The number of hydrogen-bond acceptors (Lipinski definition) is 3. The van der Waals surface area contributed by atoms with E-state index in [0.29, 0.717) is 30.8 Å². The number of aliphatic carboxylic acids is 1. The molecule has 1 aromatic heterocycles. The third-order valence-electron chi connectivity index (χ3n) is 3.67. The van der Waals surface area contributed by atoms with Crippen molar-refractivity contribution in [3.05, 3.63) is 45.4 Å². The highest BCUT2D eigenvalue weighted by Crippen LogP contribution is 2.32. The third kappa shape index (κ3) is 3.31. The molecule has 1 N–H and O–H groups in total. The van der Waals surface area contributed by atoms with E-state index < -0.39 is 5.97 Å². The van der Waals surface area contributed by atoms with Crippen molar-refractivity contribution in [2.45, 2.75) is 25.8 Å². The Kier molecular flexibility index (Phi) is 4.90. The Balaban J connectivity index is 1.81. The lowest BCUT2D eigenvalue weighted by atomic mass is 10.2. The lowest BCUT2D eigenvalue weighted by Gasteiger charge is -2.18. The van der Waals surface area contributed by atoms with Gasteiger partial charge in [-0.25, -0.2) is 4.79 Å². The van der Waals surface area contributed by atoms with Crippen LogP contribution in [0.3, 0.4) is 0 Å². The summed E-state index contributed by atoms with van der Waals surface area (Å²) in [5, 5.41) is 9.60. The van der Waals surface area contributed by atoms with Crippen LogP contribution in [-0.4, -0.2) is 21.6 Å². The Labute approximate surface area is 152 Å². The maximum atomic E-state index is 12.3. The minimum atomic E-state index is -0.821. The minimum Gasteiger partial charge on any atom is -0.481 e. The van der Waals surface area contributed by atoms with Crippen LogP contribution in [0.1, 0.15) is 29.8 Å². The summed E-state index contributed by atoms with van der Waals surface area (Å²) in [6.07, 6.45) is 2.70. The zero-order valence-electron chi connectivity index (χ0n) is 12.7. The van der Waals surface area contributed by atoms with Crippen molar-refractivity contribution in [1.29, 1.82) is 0 Å². The van der Waals surface area contributed by atoms with Gasteiger partial charge in [-0.2, -0.15) is 0 Å². The van der Waals surface area contributed by atoms with Gasteiger partial charge in [0.2, 0.25) is 0 Å². The number of aromatic nitrogens is 1. The molecular formula is C18H14INO4. The first-order valence-electron chi connectivity index (χ1n) is 7.46. The van der Waals surface area contributed by atoms with E-state index in [0.717, 1.165) is 14.5 Å². The summed E-state index contributed by atoms with van der Waals surface area (Å²) in [5.41, 5.74) is 1.57. The van der Waals surface area contributed by atoms with E-state index >= 15 is 0 Å². The predicted octanol–water partition coefficient (Wildman–Crippen LogP) is 3.56. The Morgan fingerprint density at radius 1 is 1.42 bits per heavy atom. The van der Waals surface area contributed by atoms with E-state index in [-0.39, 0.29) is 12.4 Å². The van der Waals surface area contributed by atoms with Crippen LogP contribution >= 0.6 is 22.6 Å². The summed E-state index contributed by atoms with van der Waals surface area (Å²) < 4.78 is 8.21. The number of nitrogens with zero attached hydrogens (tertiary/aromatic N) is 1. The number of fused-ring (bicyclic) bond motifs is 3. The number of rotatable bonds is 3. The van der Waals surface area contributed by atoms with Gasteiger partial charge in [-0.1, -0.05) is 30.0 Å². The molecule has 1 aliphatic rings. The lowest BCUT2D eigenvalue weighted by molar-refractivity contribution is -0.137. The molecule has 6 heteroatoms. The van der Waals surface area contributed by atoms with Crippen molar-refractivity contribution in [1.82, 2.24) is 4.57 Å². The molecule has 0 radical (unpaired) electrons. The van der Waals surface area contributed by atoms with Crippen LogP contribution in [0.5, 0.6) is 0 Å². The van der Waals surface area contributed by atoms with Crippen LogP contribution in [0.4, 0.5) is 0 Å². The summed E-state index contributed by atoms with van der Waals surface area (Å²) in [6.45, 7) is 0.453. The quantitative estimate of drug-likeness (QED) is 0.347. The zero-order chi connectivity index (χ0) is 17.1. The third-order valence-corrected chi connectivity index (χ3v) is 4.76. The Morgan fingerprint density at radius 3 is 3.00 bits per heavy atom. The van der Waals surface area contributed by atoms with Crippen LogP contribution in [0, 0.1) is 15.4 Å². The fraction of sp³-hybridized carbons (Fsp3) is 0.222. The summed E-state index contributed by atoms with van der Waals surface area (Å²) >= 11 is 2.17. The highest BCUT2D eigenvalue weighted by atomic mass is 127. The van der Waals surface area contributed by atoms with Crippen LogP contribution in [0.25, 0.3) is 10.9 Å². The van der Waals surface area contributed by atoms with Crippen LogP contribution in [0.2, 0.25) is 0 Å². The molecule has 3 rings (SSSR count). The molecule has 0 bridgehead atoms. The van der Waals surface area contributed by atoms with Crippen LogP contribution in [-0.2, 0) is 16.1 Å². The zero-order valence-corrected chi connectivity index (χ0v) is 14.9. The van der Waals surface area contributed by atoms with Gasteiger partial charge in [0.1, 0.15) is 11.5 Å². The number of carboxylic acid groups (broad SMARTS) is 1. The number of carbonyl (C=O) groups excluding carboxylic acids is 1. The van der Waals surface area contributed by atoms with Crippen LogP contribution < -0.4 is 0 Å². The average molecular weight is 435 g/mol. The fourth-order valence-electron chi connectivity index (χ4n) is 2.59. The first-order chi connectivity index (χ1) is 11.6. The normalized spacial score (nSPS) is 14.9. The number of halogens is 1. The maximum absolute atomic E-state index is 12.3. The molecule has 5 nitrogen and oxygen atoms in total. The number of carboxylic acids is 1. The Morgan fingerprint density at radius 2 is 2.21 bits per heavy atom. The number of para-hydroxylation sites is 1. The van der Waals surface area contributed by atoms with Crippen molar-refractivity contribution >= 4 is 45.4 Å². The second-order valence-electron chi connectivity index (χ2n) is 5.33. The van der Waals surface area contributed by atoms with E-state index in [1.54, 1.807) is 6.08 Å². The topological polar surface area (TPSA) is 68.5 Å². The van der Waals surface area contributed by atoms with Gasteiger partial charge in [-0.15, -0.1) is 0 Å². The van der Waals surface area contributed by atoms with Crippen molar-refractivity contribution < 1.29 is 19.4 Å². The number of benzene rings is 1. The molecule has 0 saturated carbocycles. The van der Waals surface area contributed by atoms with E-state index in [2.05, 4.69) is 34.4 Å². The van der Waals surface area contributed by atoms with Crippen LogP contribution in [0.15, 0.2) is 36.1 Å². The molecule has 0 atom stereocenters. The van der Waals surface area contributed by atoms with E-state index in [9.17, 15) is 9.59 Å². The molecule has 0 spiro atoms. The SMILES string of the molecule is O=C(O)CCCC#C/C=C1\Cn2c(c(I)c3ccccc32)C(=O)O1. The number of cyclic esters (lactones) is 1. The molecular weight excluding hydrogens is 421 g/mol. The number of esters is 1. The molecule has 0 amide bonds. The number of hydrogen-bond donors (Lipinski definition) is 1. The fourth-order valence-corrected chi connectivity index (χ4v) is 3.55. The number of ether oxygens (including phenoxy) is 1. The first-order valence-corrected chi connectivity index (χ1v) is 8.54. The van der Waals surface area contributed by atoms with E-state index in [1.165, 1.54) is 0 Å². The molecule has 122 valence electrons. The van der Waals surface area contributed by atoms with Crippen molar-refractivity contribution in [2.24, 2.45) is 0 Å². The van der Waals surface area contributed by atoms with Crippen molar-refractivity contribution in [3.63, 3.8) is 0 Å². The Bertz CT molecular complexity index is 914. The smallest absolute Gasteiger partial charge is 0.361 e. The second kappa shape index (κ2) is 7.09. The average Bonchev–Trinajstić information content (AvgIpc) is 2.84. The van der Waals surface area contributed by atoms with Gasteiger partial charge in [0.05, 0.1) is 15.6 Å². The minimum absolute atomic E-state index is 0.109. The summed E-state index contributed by atoms with van der Waals surface area (Å²) in [5.74, 6) is 5.02. The molecule has 24 heavy (non-hydrogen) atoms. The summed E-state index contributed by atoms with van der Waals surface area (Å²) in [7, 11) is 0. The predicted molar refractivity (Wildman–Crippen MR) is 97.4 cm³/mol. The monoisotopic (exact) mass is 435 g/mol. The molecule has 2 aromatic rings. The molecule has 2 heterocycles. The molecule has 0 fully saturated rings. The summed E-state index contributed by atoms with van der Waals surface area (Å²) in [6, 6.07) is 7.86. The molecule has 1 aliphatic heterocycles. The number of carbonyl (C=O) groups is 2. The molecule has 0 unspecified atom stereocenters. The molecule has 0 saturated heterocycles. The van der Waals surface area contributed by atoms with Gasteiger partial charge in [0.15, 0.2) is 0 Å². The summed E-state index contributed by atoms with van der Waals surface area (Å²) in [4.78, 5) is 22.7. The van der Waals surface area contributed by atoms with Gasteiger partial charge in [-0.3, -0.25) is 4.79 Å². The highest BCUT2D eigenvalue weighted by molar-refractivity contribution is 14.1. The standard InChI is InChI=1S/C18H14INO4/c19-16-13-8-5-6-9-14(13)20-11-12(24-18(23)17(16)20)7-3-1-2-4-10-15(21)22/h5-9H,2,4,10-11H2,(H,21,22)/b12-7+. The van der Waals surface area contributed by atoms with E-state index in [1.807, 2.05) is 28.8 Å². The maximum Gasteiger partial charge on any atom is 0.361 e. The lowest BCUT2D eigenvalue weighted by Crippen LogP contribution is -2.21. The Hall–Kier alpha value is -2.27. The second-order valence-corrected chi connectivity index (χ2v) is 6.41. The largest absolute Gasteiger partial charge is 0.481 e. The van der Waals surface area contributed by atoms with Crippen molar-refractivity contribution in [3.8, 4) is 11.8 Å². The van der Waals surface area contributed by atoms with Gasteiger partial charge in [-0.05, 0) is 35.1 Å². The number of allylic oxidation sites excluding steroid dienone is 2. The van der Waals surface area contributed by atoms with Gasteiger partial charge < -0.3 is 14.4 Å². The number of unbranched alkanes of at least 4 members (excludes halogenated alkanes) is 1. The van der Waals surface area contributed by atoms with Crippen molar-refractivity contribution in [2.75, 3.05) is 0 Å². The van der Waals surface area contributed by atoms with E-state index in [4.69, 9.17) is 9.84 Å². The first kappa shape index (κ1) is 16.6. The highest BCUT2D eigenvalue weighted by Gasteiger charge is 2.28. The molecule has 1 aromatic carbocycles. The van der Waals surface area contributed by atoms with Gasteiger partial charge in [0.25, 0.3) is 0 Å². The van der Waals surface area contributed by atoms with Gasteiger partial charge >= 0.3 is 11.9 Å².